The zero-order valence-electron chi connectivity index (χ0n) is 9.31. The molecule has 2 rings (SSSR count). The number of rotatable bonds is 4. The Morgan fingerprint density at radius 2 is 2.29 bits per heavy atom. The maximum atomic E-state index is 9.31. The number of benzene rings is 1. The van der Waals surface area contributed by atoms with E-state index in [1.165, 1.54) is 0 Å². The van der Waals surface area contributed by atoms with Gasteiger partial charge in [0.25, 0.3) is 0 Å². The van der Waals surface area contributed by atoms with E-state index < -0.39 is 0 Å². The summed E-state index contributed by atoms with van der Waals surface area (Å²) in [6.45, 7) is 2.42. The van der Waals surface area contributed by atoms with Gasteiger partial charge in [0.1, 0.15) is 12.4 Å². The molecule has 90 valence electrons. The predicted octanol–water partition coefficient (Wildman–Crippen LogP) is 3.29. The summed E-state index contributed by atoms with van der Waals surface area (Å²) in [6.07, 6.45) is 1.79. The summed E-state index contributed by atoms with van der Waals surface area (Å²) in [7, 11) is 0. The Morgan fingerprint density at radius 1 is 1.47 bits per heavy atom. The molecule has 1 heterocycles. The van der Waals surface area contributed by atoms with Gasteiger partial charge in [-0.2, -0.15) is 0 Å². The number of hydrogen-bond acceptors (Lipinski definition) is 4. The maximum Gasteiger partial charge on any atom is 0.128 e. The summed E-state index contributed by atoms with van der Waals surface area (Å²) >= 11 is 4.96. The lowest BCUT2D eigenvalue weighted by molar-refractivity contribution is 0.259. The smallest absolute Gasteiger partial charge is 0.128 e. The molecule has 0 fully saturated rings. The van der Waals surface area contributed by atoms with E-state index in [0.29, 0.717) is 6.61 Å². The van der Waals surface area contributed by atoms with Gasteiger partial charge in [-0.25, -0.2) is 0 Å². The predicted molar refractivity (Wildman–Crippen MR) is 71.2 cm³/mol. The molecule has 0 spiro atoms. The van der Waals surface area contributed by atoms with Crippen LogP contribution in [-0.4, -0.2) is 10.1 Å². The number of nitrogens with zero attached hydrogens (tertiary/aromatic N) is 1. The van der Waals surface area contributed by atoms with Gasteiger partial charge in [0.05, 0.1) is 17.0 Å². The molecule has 0 amide bonds. The standard InChI is InChI=1S/C12H12BrNO2S/c1-8-2-10(13)3-9(5-15)12(8)16-6-11-4-14-7-17-11/h2-4,7,15H,5-6H2,1H3. The van der Waals surface area contributed by atoms with E-state index in [9.17, 15) is 5.11 Å². The van der Waals surface area contributed by atoms with Crippen molar-refractivity contribution in [2.75, 3.05) is 0 Å². The molecule has 1 aromatic heterocycles. The van der Waals surface area contributed by atoms with E-state index in [1.807, 2.05) is 19.1 Å². The van der Waals surface area contributed by atoms with E-state index in [4.69, 9.17) is 4.74 Å². The number of aliphatic hydroxyl groups is 1. The van der Waals surface area contributed by atoms with Crippen LogP contribution in [0.5, 0.6) is 5.75 Å². The van der Waals surface area contributed by atoms with Crippen LogP contribution in [0.25, 0.3) is 0 Å². The fourth-order valence-corrected chi connectivity index (χ4v) is 2.71. The minimum Gasteiger partial charge on any atom is -0.487 e. The number of thiazole rings is 1. The molecule has 0 saturated heterocycles. The second-order valence-corrected chi connectivity index (χ2v) is 5.51. The average molecular weight is 314 g/mol. The Kier molecular flexibility index (Phi) is 4.15. The third kappa shape index (κ3) is 3.06. The first kappa shape index (κ1) is 12.5. The molecule has 0 aliphatic carbocycles. The highest BCUT2D eigenvalue weighted by Gasteiger charge is 2.09. The lowest BCUT2D eigenvalue weighted by Gasteiger charge is -2.12. The summed E-state index contributed by atoms with van der Waals surface area (Å²) in [5.41, 5.74) is 3.58. The van der Waals surface area contributed by atoms with Gasteiger partial charge < -0.3 is 9.84 Å². The zero-order chi connectivity index (χ0) is 12.3. The molecule has 17 heavy (non-hydrogen) atoms. The van der Waals surface area contributed by atoms with Gasteiger partial charge in [-0.3, -0.25) is 4.98 Å². The number of halogens is 1. The zero-order valence-corrected chi connectivity index (χ0v) is 11.7. The van der Waals surface area contributed by atoms with E-state index >= 15 is 0 Å². The normalized spacial score (nSPS) is 10.5. The highest BCUT2D eigenvalue weighted by atomic mass is 79.9. The molecule has 0 aliphatic rings. The van der Waals surface area contributed by atoms with Crippen LogP contribution < -0.4 is 4.74 Å². The van der Waals surface area contributed by atoms with E-state index in [2.05, 4.69) is 20.9 Å². The molecule has 0 radical (unpaired) electrons. The maximum absolute atomic E-state index is 9.31. The summed E-state index contributed by atoms with van der Waals surface area (Å²) in [5.74, 6) is 0.754. The quantitative estimate of drug-likeness (QED) is 0.942. The molecule has 0 bridgehead atoms. The molecule has 1 aromatic carbocycles. The van der Waals surface area contributed by atoms with Crippen molar-refractivity contribution in [3.05, 3.63) is 44.3 Å². The first-order valence-electron chi connectivity index (χ1n) is 5.10. The number of aliphatic hydroxyl groups excluding tert-OH is 1. The molecule has 3 nitrogen and oxygen atoms in total. The minimum absolute atomic E-state index is 0.0295. The first-order chi connectivity index (χ1) is 8.20. The molecule has 0 unspecified atom stereocenters. The van der Waals surface area contributed by atoms with Gasteiger partial charge in [-0.15, -0.1) is 11.3 Å². The van der Waals surface area contributed by atoms with Crippen molar-refractivity contribution >= 4 is 27.3 Å². The minimum atomic E-state index is -0.0295. The van der Waals surface area contributed by atoms with Crippen molar-refractivity contribution in [2.45, 2.75) is 20.1 Å². The van der Waals surface area contributed by atoms with Crippen molar-refractivity contribution in [2.24, 2.45) is 0 Å². The monoisotopic (exact) mass is 313 g/mol. The highest BCUT2D eigenvalue weighted by molar-refractivity contribution is 9.10. The van der Waals surface area contributed by atoms with Crippen LogP contribution in [0.1, 0.15) is 16.0 Å². The lowest BCUT2D eigenvalue weighted by atomic mass is 10.1. The molecule has 5 heteroatoms. The van der Waals surface area contributed by atoms with Gasteiger partial charge in [-0.05, 0) is 24.6 Å². The van der Waals surface area contributed by atoms with Crippen LogP contribution in [0, 0.1) is 6.92 Å². The van der Waals surface area contributed by atoms with Crippen molar-refractivity contribution in [1.82, 2.24) is 4.98 Å². The Bertz CT molecular complexity index is 499. The van der Waals surface area contributed by atoms with Crippen LogP contribution >= 0.6 is 27.3 Å². The van der Waals surface area contributed by atoms with Crippen molar-refractivity contribution in [3.63, 3.8) is 0 Å². The van der Waals surface area contributed by atoms with Crippen LogP contribution in [0.2, 0.25) is 0 Å². The van der Waals surface area contributed by atoms with E-state index in [-0.39, 0.29) is 6.61 Å². The third-order valence-electron chi connectivity index (χ3n) is 2.33. The van der Waals surface area contributed by atoms with E-state index in [0.717, 1.165) is 26.2 Å². The second-order valence-electron chi connectivity index (χ2n) is 3.63. The summed E-state index contributed by atoms with van der Waals surface area (Å²) in [5, 5.41) is 9.31. The average Bonchev–Trinajstić information content (AvgIpc) is 2.79. The summed E-state index contributed by atoms with van der Waals surface area (Å²) in [4.78, 5) is 5.06. The van der Waals surface area contributed by atoms with Crippen LogP contribution in [0.4, 0.5) is 0 Å². The number of aryl methyl sites for hydroxylation is 1. The first-order valence-corrected chi connectivity index (χ1v) is 6.78. The van der Waals surface area contributed by atoms with Crippen molar-refractivity contribution in [1.29, 1.82) is 0 Å². The van der Waals surface area contributed by atoms with Crippen molar-refractivity contribution < 1.29 is 9.84 Å². The molecule has 0 aliphatic heterocycles. The van der Waals surface area contributed by atoms with Gasteiger partial charge in [-0.1, -0.05) is 15.9 Å². The summed E-state index contributed by atoms with van der Waals surface area (Å²) < 4.78 is 6.70. The number of aromatic nitrogens is 1. The topological polar surface area (TPSA) is 42.4 Å². The fourth-order valence-electron chi connectivity index (χ4n) is 1.58. The van der Waals surface area contributed by atoms with Crippen LogP contribution in [0.15, 0.2) is 28.3 Å². The Labute approximate surface area is 112 Å². The number of ether oxygens (including phenoxy) is 1. The second kappa shape index (κ2) is 5.62. The Morgan fingerprint density at radius 3 is 2.94 bits per heavy atom. The number of hydrogen-bond donors (Lipinski definition) is 1. The van der Waals surface area contributed by atoms with Gasteiger partial charge in [0.2, 0.25) is 0 Å². The van der Waals surface area contributed by atoms with Crippen LogP contribution in [0.3, 0.4) is 0 Å². The van der Waals surface area contributed by atoms with Gasteiger partial charge >= 0.3 is 0 Å². The fraction of sp³-hybridized carbons (Fsp3) is 0.250. The highest BCUT2D eigenvalue weighted by Crippen LogP contribution is 2.29. The van der Waals surface area contributed by atoms with Gasteiger partial charge in [0.15, 0.2) is 0 Å². The Hall–Kier alpha value is -0.910. The molecular formula is C12H12BrNO2S. The van der Waals surface area contributed by atoms with Gasteiger partial charge in [0, 0.05) is 16.2 Å². The molecule has 0 atom stereocenters. The van der Waals surface area contributed by atoms with Crippen molar-refractivity contribution in [3.8, 4) is 5.75 Å². The lowest BCUT2D eigenvalue weighted by Crippen LogP contribution is -1.99. The van der Waals surface area contributed by atoms with E-state index in [1.54, 1.807) is 23.0 Å². The molecule has 1 N–H and O–H groups in total. The van der Waals surface area contributed by atoms with Crippen LogP contribution in [-0.2, 0) is 13.2 Å². The third-order valence-corrected chi connectivity index (χ3v) is 3.54. The largest absolute Gasteiger partial charge is 0.487 e. The molecular weight excluding hydrogens is 302 g/mol. The molecule has 2 aromatic rings. The Balaban J connectivity index is 2.19. The molecule has 0 saturated carbocycles. The summed E-state index contributed by atoms with van der Waals surface area (Å²) in [6, 6.07) is 3.84. The SMILES string of the molecule is Cc1cc(Br)cc(CO)c1OCc1cncs1.